The largest absolute Gasteiger partial charge is 0.452 e. The van der Waals surface area contributed by atoms with Gasteiger partial charge in [-0.3, -0.25) is 9.59 Å². The van der Waals surface area contributed by atoms with Crippen LogP contribution in [0.15, 0.2) is 84.9 Å². The van der Waals surface area contributed by atoms with Crippen LogP contribution in [0.4, 0.5) is 11.4 Å². The number of para-hydroxylation sites is 2. The number of carbonyl (C=O) groups excluding carboxylic acids is 3. The number of rotatable bonds is 7. The van der Waals surface area contributed by atoms with Gasteiger partial charge in [0, 0.05) is 11.8 Å². The molecule has 0 fully saturated rings. The van der Waals surface area contributed by atoms with Crippen LogP contribution in [0.1, 0.15) is 21.5 Å². The van der Waals surface area contributed by atoms with Gasteiger partial charge in [0.05, 0.1) is 11.3 Å². The van der Waals surface area contributed by atoms with E-state index < -0.39 is 18.5 Å². The minimum atomic E-state index is -0.633. The Balaban J connectivity index is 1.56. The van der Waals surface area contributed by atoms with Gasteiger partial charge in [-0.2, -0.15) is 0 Å². The zero-order valence-corrected chi connectivity index (χ0v) is 17.0. The van der Waals surface area contributed by atoms with Crippen LogP contribution < -0.4 is 10.6 Å². The topological polar surface area (TPSA) is 84.5 Å². The summed E-state index contributed by atoms with van der Waals surface area (Å²) < 4.78 is 4.99. The molecule has 3 rings (SSSR count). The van der Waals surface area contributed by atoms with Gasteiger partial charge in [0.15, 0.2) is 6.61 Å². The minimum absolute atomic E-state index is 0.297. The Kier molecular flexibility index (Phi) is 7.32. The third kappa shape index (κ3) is 6.68. The number of amides is 2. The van der Waals surface area contributed by atoms with E-state index in [0.717, 1.165) is 11.1 Å². The van der Waals surface area contributed by atoms with E-state index in [2.05, 4.69) is 10.6 Å². The maximum atomic E-state index is 12.6. The summed E-state index contributed by atoms with van der Waals surface area (Å²) in [7, 11) is 0. The van der Waals surface area contributed by atoms with E-state index in [9.17, 15) is 14.4 Å². The van der Waals surface area contributed by atoms with Crippen LogP contribution in [0, 0.1) is 6.92 Å². The molecule has 3 aromatic carbocycles. The van der Waals surface area contributed by atoms with E-state index in [4.69, 9.17) is 4.74 Å². The summed E-state index contributed by atoms with van der Waals surface area (Å²) in [6, 6.07) is 23.2. The number of hydrogen-bond acceptors (Lipinski definition) is 4. The fraction of sp³-hybridized carbons (Fsp3) is 0.0800. The molecule has 0 saturated heterocycles. The molecule has 0 saturated carbocycles. The zero-order chi connectivity index (χ0) is 22.1. The predicted molar refractivity (Wildman–Crippen MR) is 121 cm³/mol. The van der Waals surface area contributed by atoms with Crippen LogP contribution in [0.3, 0.4) is 0 Å². The Morgan fingerprint density at radius 3 is 2.39 bits per heavy atom. The van der Waals surface area contributed by atoms with Crippen LogP contribution in [-0.2, 0) is 14.3 Å². The highest BCUT2D eigenvalue weighted by Crippen LogP contribution is 2.17. The summed E-state index contributed by atoms with van der Waals surface area (Å²) >= 11 is 0. The molecule has 156 valence electrons. The lowest BCUT2D eigenvalue weighted by Crippen LogP contribution is -2.22. The fourth-order valence-electron chi connectivity index (χ4n) is 2.82. The van der Waals surface area contributed by atoms with E-state index in [1.807, 2.05) is 49.4 Å². The number of benzene rings is 3. The van der Waals surface area contributed by atoms with Crippen LogP contribution >= 0.6 is 0 Å². The van der Waals surface area contributed by atoms with Crippen molar-refractivity contribution in [3.63, 3.8) is 0 Å². The lowest BCUT2D eigenvalue weighted by Gasteiger charge is -2.11. The Bertz CT molecular complexity index is 1110. The molecule has 2 amide bonds. The molecule has 0 aliphatic heterocycles. The van der Waals surface area contributed by atoms with Gasteiger partial charge in [-0.15, -0.1) is 0 Å². The van der Waals surface area contributed by atoms with Crippen molar-refractivity contribution < 1.29 is 19.1 Å². The summed E-state index contributed by atoms with van der Waals surface area (Å²) in [6.45, 7) is 1.49. The number of nitrogens with one attached hydrogen (secondary N) is 2. The molecule has 2 N–H and O–H groups in total. The highest BCUT2D eigenvalue weighted by atomic mass is 16.5. The molecule has 0 bridgehead atoms. The van der Waals surface area contributed by atoms with Gasteiger partial charge in [-0.25, -0.2) is 4.79 Å². The van der Waals surface area contributed by atoms with E-state index in [1.54, 1.807) is 42.5 Å². The quantitative estimate of drug-likeness (QED) is 0.442. The number of ether oxygens (including phenoxy) is 1. The van der Waals surface area contributed by atoms with Gasteiger partial charge in [-0.1, -0.05) is 60.2 Å². The Morgan fingerprint density at radius 2 is 1.61 bits per heavy atom. The first-order chi connectivity index (χ1) is 15.0. The van der Waals surface area contributed by atoms with Crippen molar-refractivity contribution in [2.75, 3.05) is 17.2 Å². The lowest BCUT2D eigenvalue weighted by atomic mass is 10.1. The van der Waals surface area contributed by atoms with Gasteiger partial charge < -0.3 is 15.4 Å². The third-order valence-corrected chi connectivity index (χ3v) is 4.28. The van der Waals surface area contributed by atoms with Gasteiger partial charge in [0.2, 0.25) is 0 Å². The molecule has 31 heavy (non-hydrogen) atoms. The average Bonchev–Trinajstić information content (AvgIpc) is 2.77. The second kappa shape index (κ2) is 10.5. The Hall–Kier alpha value is -4.19. The molecule has 0 unspecified atom stereocenters. The molecule has 6 nitrogen and oxygen atoms in total. The van der Waals surface area contributed by atoms with Crippen LogP contribution in [0.5, 0.6) is 0 Å². The second-order valence-corrected chi connectivity index (χ2v) is 6.77. The first-order valence-electron chi connectivity index (χ1n) is 9.68. The molecule has 0 atom stereocenters. The molecule has 0 radical (unpaired) electrons. The normalized spacial score (nSPS) is 10.5. The standard InChI is InChI=1S/C25H22N2O4/c1-18-8-7-9-19(16-18)14-15-24(29)31-17-23(28)27-22-13-6-5-12-21(22)25(30)26-20-10-3-2-4-11-20/h2-16H,17H2,1H3,(H,26,30)(H,27,28)/b15-14+. The summed E-state index contributed by atoms with van der Waals surface area (Å²) in [5.41, 5.74) is 3.20. The molecule has 3 aromatic rings. The molecular formula is C25H22N2O4. The van der Waals surface area contributed by atoms with Crippen molar-refractivity contribution in [1.29, 1.82) is 0 Å². The van der Waals surface area contributed by atoms with Crippen molar-refractivity contribution in [3.8, 4) is 0 Å². The minimum Gasteiger partial charge on any atom is -0.452 e. The van der Waals surface area contributed by atoms with Crippen LogP contribution in [0.25, 0.3) is 6.08 Å². The Morgan fingerprint density at radius 1 is 0.871 bits per heavy atom. The molecule has 0 aliphatic rings. The van der Waals surface area contributed by atoms with E-state index >= 15 is 0 Å². The summed E-state index contributed by atoms with van der Waals surface area (Å²) in [5.74, 6) is -1.54. The predicted octanol–water partition coefficient (Wildman–Crippen LogP) is 4.44. The second-order valence-electron chi connectivity index (χ2n) is 6.77. The van der Waals surface area contributed by atoms with Crippen molar-refractivity contribution in [3.05, 3.63) is 102 Å². The average molecular weight is 414 g/mol. The molecule has 0 spiro atoms. The van der Waals surface area contributed by atoms with Gasteiger partial charge in [0.1, 0.15) is 0 Å². The molecule has 6 heteroatoms. The number of esters is 1. The van der Waals surface area contributed by atoms with E-state index in [0.29, 0.717) is 16.9 Å². The number of hydrogen-bond donors (Lipinski definition) is 2. The van der Waals surface area contributed by atoms with Crippen molar-refractivity contribution >= 4 is 35.2 Å². The molecule has 0 heterocycles. The van der Waals surface area contributed by atoms with Crippen molar-refractivity contribution in [2.24, 2.45) is 0 Å². The van der Waals surface area contributed by atoms with Crippen LogP contribution in [0.2, 0.25) is 0 Å². The van der Waals surface area contributed by atoms with Gasteiger partial charge in [0.25, 0.3) is 11.8 Å². The van der Waals surface area contributed by atoms with Crippen molar-refractivity contribution in [1.82, 2.24) is 0 Å². The Labute approximate surface area is 180 Å². The number of anilines is 2. The molecule has 0 aliphatic carbocycles. The lowest BCUT2D eigenvalue weighted by molar-refractivity contribution is -0.142. The fourth-order valence-corrected chi connectivity index (χ4v) is 2.82. The third-order valence-electron chi connectivity index (χ3n) is 4.28. The zero-order valence-electron chi connectivity index (χ0n) is 17.0. The highest BCUT2D eigenvalue weighted by Gasteiger charge is 2.14. The monoisotopic (exact) mass is 414 g/mol. The summed E-state index contributed by atoms with van der Waals surface area (Å²) in [4.78, 5) is 36.7. The number of aryl methyl sites for hydroxylation is 1. The smallest absolute Gasteiger partial charge is 0.331 e. The summed E-state index contributed by atoms with van der Waals surface area (Å²) in [6.07, 6.45) is 2.89. The first kappa shape index (κ1) is 21.5. The molecular weight excluding hydrogens is 392 g/mol. The maximum Gasteiger partial charge on any atom is 0.331 e. The van der Waals surface area contributed by atoms with Crippen molar-refractivity contribution in [2.45, 2.75) is 6.92 Å². The first-order valence-corrected chi connectivity index (χ1v) is 9.68. The number of carbonyl (C=O) groups is 3. The van der Waals surface area contributed by atoms with Gasteiger partial charge in [-0.05, 0) is 42.8 Å². The van der Waals surface area contributed by atoms with Crippen LogP contribution in [-0.4, -0.2) is 24.4 Å². The van der Waals surface area contributed by atoms with E-state index in [-0.39, 0.29) is 5.91 Å². The SMILES string of the molecule is Cc1cccc(/C=C/C(=O)OCC(=O)Nc2ccccc2C(=O)Nc2ccccc2)c1. The highest BCUT2D eigenvalue weighted by molar-refractivity contribution is 6.10. The van der Waals surface area contributed by atoms with Gasteiger partial charge >= 0.3 is 5.97 Å². The maximum absolute atomic E-state index is 12.6. The summed E-state index contributed by atoms with van der Waals surface area (Å²) in [5, 5.41) is 5.39. The van der Waals surface area contributed by atoms with E-state index in [1.165, 1.54) is 6.08 Å². The molecule has 0 aromatic heterocycles.